The van der Waals surface area contributed by atoms with Gasteiger partial charge in [-0.2, -0.15) is 0 Å². The SMILES string of the molecule is COc1ccccc1C(C)(C)NC(=O)CC(C)C(C)(C)C. The van der Waals surface area contributed by atoms with Crippen LogP contribution in [0.1, 0.15) is 53.5 Å². The van der Waals surface area contributed by atoms with E-state index in [0.717, 1.165) is 11.3 Å². The van der Waals surface area contributed by atoms with E-state index in [1.807, 2.05) is 38.1 Å². The topological polar surface area (TPSA) is 38.3 Å². The van der Waals surface area contributed by atoms with Gasteiger partial charge in [-0.15, -0.1) is 0 Å². The summed E-state index contributed by atoms with van der Waals surface area (Å²) in [7, 11) is 1.65. The third-order valence-corrected chi connectivity index (χ3v) is 4.20. The smallest absolute Gasteiger partial charge is 0.220 e. The van der Waals surface area contributed by atoms with Gasteiger partial charge in [-0.3, -0.25) is 4.79 Å². The number of hydrogen-bond acceptors (Lipinski definition) is 2. The van der Waals surface area contributed by atoms with Crippen molar-refractivity contribution in [3.05, 3.63) is 29.8 Å². The second kappa shape index (κ2) is 6.50. The van der Waals surface area contributed by atoms with E-state index in [-0.39, 0.29) is 11.3 Å². The molecular weight excluding hydrogens is 262 g/mol. The van der Waals surface area contributed by atoms with E-state index in [2.05, 4.69) is 33.0 Å². The second-order valence-electron chi connectivity index (χ2n) is 7.34. The molecule has 0 aliphatic rings. The number of para-hydroxylation sites is 1. The van der Waals surface area contributed by atoms with Crippen LogP contribution in [0.3, 0.4) is 0 Å². The zero-order valence-electron chi connectivity index (χ0n) is 14.4. The van der Waals surface area contributed by atoms with E-state index >= 15 is 0 Å². The van der Waals surface area contributed by atoms with Crippen molar-refractivity contribution in [2.75, 3.05) is 7.11 Å². The summed E-state index contributed by atoms with van der Waals surface area (Å²) in [6.45, 7) is 12.6. The third-order valence-electron chi connectivity index (χ3n) is 4.20. The molecule has 0 heterocycles. The molecule has 3 heteroatoms. The molecule has 0 saturated carbocycles. The van der Waals surface area contributed by atoms with Gasteiger partial charge in [0.05, 0.1) is 12.6 Å². The van der Waals surface area contributed by atoms with Gasteiger partial charge >= 0.3 is 0 Å². The van der Waals surface area contributed by atoms with Crippen LogP contribution < -0.4 is 10.1 Å². The van der Waals surface area contributed by atoms with E-state index < -0.39 is 5.54 Å². The van der Waals surface area contributed by atoms with Crippen LogP contribution in [0.2, 0.25) is 0 Å². The Morgan fingerprint density at radius 1 is 1.19 bits per heavy atom. The van der Waals surface area contributed by atoms with Gasteiger partial charge in [0.1, 0.15) is 5.75 Å². The molecule has 1 atom stereocenters. The lowest BCUT2D eigenvalue weighted by molar-refractivity contribution is -0.124. The number of hydrogen-bond donors (Lipinski definition) is 1. The van der Waals surface area contributed by atoms with E-state index in [9.17, 15) is 4.79 Å². The Morgan fingerprint density at radius 3 is 2.29 bits per heavy atom. The summed E-state index contributed by atoms with van der Waals surface area (Å²) in [5, 5.41) is 3.13. The molecule has 1 amide bonds. The Bertz CT molecular complexity index is 486. The predicted octanol–water partition coefficient (Wildman–Crippen LogP) is 4.12. The number of nitrogens with one attached hydrogen (secondary N) is 1. The zero-order valence-corrected chi connectivity index (χ0v) is 14.4. The fraction of sp³-hybridized carbons (Fsp3) is 0.611. The average Bonchev–Trinajstić information content (AvgIpc) is 2.36. The first-order chi connectivity index (χ1) is 9.58. The molecule has 0 aliphatic heterocycles. The Morgan fingerprint density at radius 2 is 1.76 bits per heavy atom. The highest BCUT2D eigenvalue weighted by atomic mass is 16.5. The number of methoxy groups -OCH3 is 1. The van der Waals surface area contributed by atoms with Gasteiger partial charge in [-0.05, 0) is 31.2 Å². The molecule has 3 nitrogen and oxygen atoms in total. The van der Waals surface area contributed by atoms with Crippen molar-refractivity contribution in [1.29, 1.82) is 0 Å². The van der Waals surface area contributed by atoms with Crippen molar-refractivity contribution in [1.82, 2.24) is 5.32 Å². The van der Waals surface area contributed by atoms with Gasteiger partial charge in [0.25, 0.3) is 0 Å². The number of ether oxygens (including phenoxy) is 1. The molecule has 0 radical (unpaired) electrons. The average molecular weight is 291 g/mol. The summed E-state index contributed by atoms with van der Waals surface area (Å²) in [6, 6.07) is 7.80. The monoisotopic (exact) mass is 291 g/mol. The van der Waals surface area contributed by atoms with Crippen molar-refractivity contribution in [2.45, 2.75) is 53.5 Å². The van der Waals surface area contributed by atoms with E-state index in [4.69, 9.17) is 4.74 Å². The van der Waals surface area contributed by atoms with Crippen LogP contribution in [-0.4, -0.2) is 13.0 Å². The molecule has 0 saturated heterocycles. The maximum Gasteiger partial charge on any atom is 0.220 e. The number of carbonyl (C=O) groups excluding carboxylic acids is 1. The molecule has 21 heavy (non-hydrogen) atoms. The number of benzene rings is 1. The Kier molecular flexibility index (Phi) is 5.43. The predicted molar refractivity (Wildman–Crippen MR) is 87.4 cm³/mol. The summed E-state index contributed by atoms with van der Waals surface area (Å²) < 4.78 is 5.40. The van der Waals surface area contributed by atoms with Crippen LogP contribution in [0.4, 0.5) is 0 Å². The first-order valence-corrected chi connectivity index (χ1v) is 7.52. The van der Waals surface area contributed by atoms with Crippen LogP contribution in [0.5, 0.6) is 5.75 Å². The fourth-order valence-electron chi connectivity index (χ4n) is 2.21. The lowest BCUT2D eigenvalue weighted by atomic mass is 9.80. The van der Waals surface area contributed by atoms with Crippen LogP contribution in [0.25, 0.3) is 0 Å². The van der Waals surface area contributed by atoms with Crippen molar-refractivity contribution < 1.29 is 9.53 Å². The molecule has 1 aromatic carbocycles. The molecule has 0 spiro atoms. The van der Waals surface area contributed by atoms with Crippen molar-refractivity contribution >= 4 is 5.91 Å². The van der Waals surface area contributed by atoms with Gasteiger partial charge in [-0.1, -0.05) is 45.9 Å². The largest absolute Gasteiger partial charge is 0.496 e. The lowest BCUT2D eigenvalue weighted by Gasteiger charge is -2.31. The van der Waals surface area contributed by atoms with Gasteiger partial charge < -0.3 is 10.1 Å². The first-order valence-electron chi connectivity index (χ1n) is 7.52. The molecule has 0 aromatic heterocycles. The van der Waals surface area contributed by atoms with E-state index in [0.29, 0.717) is 12.3 Å². The van der Waals surface area contributed by atoms with Crippen LogP contribution in [-0.2, 0) is 10.3 Å². The molecule has 0 aliphatic carbocycles. The Balaban J connectivity index is 2.83. The minimum atomic E-state index is -0.457. The highest BCUT2D eigenvalue weighted by molar-refractivity contribution is 5.77. The maximum atomic E-state index is 12.3. The van der Waals surface area contributed by atoms with E-state index in [1.54, 1.807) is 7.11 Å². The first kappa shape index (κ1) is 17.5. The van der Waals surface area contributed by atoms with Crippen LogP contribution in [0, 0.1) is 11.3 Å². The zero-order chi connectivity index (χ0) is 16.3. The second-order valence-corrected chi connectivity index (χ2v) is 7.34. The number of amides is 1. The molecule has 1 rings (SSSR count). The summed E-state index contributed by atoms with van der Waals surface area (Å²) in [4.78, 5) is 12.3. The summed E-state index contributed by atoms with van der Waals surface area (Å²) >= 11 is 0. The van der Waals surface area contributed by atoms with Crippen LogP contribution >= 0.6 is 0 Å². The quantitative estimate of drug-likeness (QED) is 0.886. The van der Waals surface area contributed by atoms with Gasteiger partial charge in [0.2, 0.25) is 5.91 Å². The van der Waals surface area contributed by atoms with Crippen molar-refractivity contribution in [3.8, 4) is 5.75 Å². The van der Waals surface area contributed by atoms with Gasteiger partial charge in [0.15, 0.2) is 0 Å². The molecule has 1 aromatic rings. The minimum Gasteiger partial charge on any atom is -0.496 e. The fourth-order valence-corrected chi connectivity index (χ4v) is 2.21. The highest BCUT2D eigenvalue weighted by Crippen LogP contribution is 2.31. The molecule has 118 valence electrons. The number of rotatable bonds is 5. The van der Waals surface area contributed by atoms with Crippen LogP contribution in [0.15, 0.2) is 24.3 Å². The summed E-state index contributed by atoms with van der Waals surface area (Å²) in [5.74, 6) is 1.20. The standard InChI is InChI=1S/C18H29NO2/c1-13(17(2,3)4)12-16(20)19-18(5,6)14-10-8-9-11-15(14)21-7/h8-11,13H,12H2,1-7H3,(H,19,20). The number of carbonyl (C=O) groups is 1. The lowest BCUT2D eigenvalue weighted by Crippen LogP contribution is -2.42. The molecule has 1 N–H and O–H groups in total. The minimum absolute atomic E-state index is 0.0772. The molecule has 1 unspecified atom stereocenters. The molecule has 0 fully saturated rings. The normalized spacial score (nSPS) is 13.7. The van der Waals surface area contributed by atoms with Crippen molar-refractivity contribution in [2.24, 2.45) is 11.3 Å². The maximum absolute atomic E-state index is 12.3. The molecule has 0 bridgehead atoms. The third kappa shape index (κ3) is 4.76. The van der Waals surface area contributed by atoms with Gasteiger partial charge in [-0.25, -0.2) is 0 Å². The van der Waals surface area contributed by atoms with Gasteiger partial charge in [0, 0.05) is 12.0 Å². The Labute approximate surface area is 129 Å². The van der Waals surface area contributed by atoms with E-state index in [1.165, 1.54) is 0 Å². The Hall–Kier alpha value is -1.51. The molecular formula is C18H29NO2. The summed E-state index contributed by atoms with van der Waals surface area (Å²) in [6.07, 6.45) is 0.530. The summed E-state index contributed by atoms with van der Waals surface area (Å²) in [5.41, 5.74) is 0.664. The van der Waals surface area contributed by atoms with Crippen molar-refractivity contribution in [3.63, 3.8) is 0 Å². The highest BCUT2D eigenvalue weighted by Gasteiger charge is 2.28.